The van der Waals surface area contributed by atoms with Crippen LogP contribution in [0.5, 0.6) is 0 Å². The van der Waals surface area contributed by atoms with Crippen molar-refractivity contribution in [1.29, 1.82) is 0 Å². The van der Waals surface area contributed by atoms with Crippen LogP contribution < -0.4 is 16.2 Å². The smallest absolute Gasteiger partial charge is 0.292 e. The van der Waals surface area contributed by atoms with Crippen LogP contribution in [-0.4, -0.2) is 28.3 Å². The molecule has 0 spiro atoms. The van der Waals surface area contributed by atoms with Crippen molar-refractivity contribution in [3.63, 3.8) is 0 Å². The topological polar surface area (TPSA) is 126 Å². The summed E-state index contributed by atoms with van der Waals surface area (Å²) in [6.45, 7) is 0.180. The number of aromatic nitrogens is 1. The van der Waals surface area contributed by atoms with Gasteiger partial charge in [0.15, 0.2) is 0 Å². The van der Waals surface area contributed by atoms with Crippen molar-refractivity contribution >= 4 is 23.2 Å². The van der Waals surface area contributed by atoms with E-state index in [0.29, 0.717) is 11.3 Å². The van der Waals surface area contributed by atoms with Crippen LogP contribution in [0.4, 0.5) is 11.4 Å². The van der Waals surface area contributed by atoms with Gasteiger partial charge in [0.2, 0.25) is 5.91 Å². The molecule has 0 aliphatic heterocycles. The summed E-state index contributed by atoms with van der Waals surface area (Å²) in [4.78, 5) is 37.5. The van der Waals surface area contributed by atoms with Gasteiger partial charge < -0.3 is 5.32 Å². The van der Waals surface area contributed by atoms with E-state index in [4.69, 9.17) is 0 Å². The Morgan fingerprint density at radius 1 is 1.12 bits per heavy atom. The molecule has 9 nitrogen and oxygen atoms in total. The zero-order valence-corrected chi connectivity index (χ0v) is 12.6. The predicted molar refractivity (Wildman–Crippen MR) is 86.0 cm³/mol. The van der Waals surface area contributed by atoms with Crippen LogP contribution in [0.2, 0.25) is 0 Å². The molecular weight excluding hydrogens is 314 g/mol. The molecule has 1 aromatic carbocycles. The molecule has 1 aromatic heterocycles. The van der Waals surface area contributed by atoms with Gasteiger partial charge in [-0.2, -0.15) is 0 Å². The summed E-state index contributed by atoms with van der Waals surface area (Å²) < 4.78 is 0. The maximum absolute atomic E-state index is 11.7. The van der Waals surface area contributed by atoms with Crippen molar-refractivity contribution in [3.8, 4) is 0 Å². The van der Waals surface area contributed by atoms with Crippen LogP contribution in [0.15, 0.2) is 48.8 Å². The van der Waals surface area contributed by atoms with Crippen molar-refractivity contribution < 1.29 is 14.5 Å². The van der Waals surface area contributed by atoms with Crippen LogP contribution in [0.3, 0.4) is 0 Å². The van der Waals surface area contributed by atoms with E-state index >= 15 is 0 Å². The lowest BCUT2D eigenvalue weighted by atomic mass is 10.2. The van der Waals surface area contributed by atoms with Crippen molar-refractivity contribution in [2.45, 2.75) is 6.42 Å². The SMILES string of the molecule is O=C(CCNc1ccccc1[N+](=O)[O-])NNC(=O)c1cccnc1. The van der Waals surface area contributed by atoms with Crippen LogP contribution >= 0.6 is 0 Å². The molecule has 2 amide bonds. The summed E-state index contributed by atoms with van der Waals surface area (Å²) >= 11 is 0. The fourth-order valence-electron chi connectivity index (χ4n) is 1.85. The monoisotopic (exact) mass is 329 g/mol. The Hall–Kier alpha value is -3.49. The number of para-hydroxylation sites is 2. The lowest BCUT2D eigenvalue weighted by Gasteiger charge is -2.09. The van der Waals surface area contributed by atoms with E-state index < -0.39 is 16.7 Å². The normalized spacial score (nSPS) is 9.83. The first-order valence-electron chi connectivity index (χ1n) is 7.04. The molecule has 0 atom stereocenters. The van der Waals surface area contributed by atoms with E-state index in [0.717, 1.165) is 0 Å². The van der Waals surface area contributed by atoms with Gasteiger partial charge in [0.1, 0.15) is 5.69 Å². The van der Waals surface area contributed by atoms with E-state index in [-0.39, 0.29) is 18.7 Å². The number of nitrogens with zero attached hydrogens (tertiary/aromatic N) is 2. The van der Waals surface area contributed by atoms with Crippen molar-refractivity contribution in [1.82, 2.24) is 15.8 Å². The molecule has 0 aliphatic rings. The third-order valence-corrected chi connectivity index (χ3v) is 3.01. The number of pyridine rings is 1. The molecule has 0 fully saturated rings. The maximum Gasteiger partial charge on any atom is 0.292 e. The maximum atomic E-state index is 11.7. The van der Waals surface area contributed by atoms with Crippen LogP contribution in [0.1, 0.15) is 16.8 Å². The first-order valence-corrected chi connectivity index (χ1v) is 7.04. The average molecular weight is 329 g/mol. The summed E-state index contributed by atoms with van der Waals surface area (Å²) in [6.07, 6.45) is 2.93. The van der Waals surface area contributed by atoms with E-state index in [9.17, 15) is 19.7 Å². The number of hydrogen-bond acceptors (Lipinski definition) is 6. The molecular formula is C15H15N5O4. The fourth-order valence-corrected chi connectivity index (χ4v) is 1.85. The molecule has 9 heteroatoms. The van der Waals surface area contributed by atoms with Crippen molar-refractivity contribution in [2.24, 2.45) is 0 Å². The molecule has 2 rings (SSSR count). The summed E-state index contributed by atoms with van der Waals surface area (Å²) in [5, 5.41) is 13.7. The number of carbonyl (C=O) groups is 2. The van der Waals surface area contributed by atoms with Crippen LogP contribution in [0.25, 0.3) is 0 Å². The summed E-state index contributed by atoms with van der Waals surface area (Å²) in [5.41, 5.74) is 5.10. The second kappa shape index (κ2) is 8.22. The standard InChI is InChI=1S/C15H15N5O4/c21-14(18-19-15(22)11-4-3-8-16-10-11)7-9-17-12-5-1-2-6-13(12)20(23)24/h1-6,8,10,17H,7,9H2,(H,18,21)(H,19,22). The van der Waals surface area contributed by atoms with Gasteiger partial charge in [-0.05, 0) is 18.2 Å². The number of amides is 2. The Bertz CT molecular complexity index is 736. The molecule has 124 valence electrons. The number of benzene rings is 1. The van der Waals surface area contributed by atoms with Gasteiger partial charge in [-0.1, -0.05) is 12.1 Å². The Balaban J connectivity index is 1.76. The lowest BCUT2D eigenvalue weighted by Crippen LogP contribution is -2.42. The number of nitro benzene ring substituents is 1. The van der Waals surface area contributed by atoms with E-state index in [2.05, 4.69) is 21.2 Å². The van der Waals surface area contributed by atoms with Crippen molar-refractivity contribution in [3.05, 3.63) is 64.5 Å². The Labute approximate surface area is 137 Å². The molecule has 24 heavy (non-hydrogen) atoms. The second-order valence-electron chi connectivity index (χ2n) is 4.70. The van der Waals surface area contributed by atoms with Crippen LogP contribution in [0, 0.1) is 10.1 Å². The summed E-state index contributed by atoms with van der Waals surface area (Å²) in [7, 11) is 0. The van der Waals surface area contributed by atoms with Gasteiger partial charge in [0.25, 0.3) is 11.6 Å². The zero-order chi connectivity index (χ0) is 17.4. The molecule has 2 aromatic rings. The lowest BCUT2D eigenvalue weighted by molar-refractivity contribution is -0.384. The number of anilines is 1. The van der Waals surface area contributed by atoms with E-state index in [1.54, 1.807) is 30.3 Å². The van der Waals surface area contributed by atoms with E-state index in [1.807, 2.05) is 0 Å². The summed E-state index contributed by atoms with van der Waals surface area (Å²) in [5.74, 6) is -0.915. The molecule has 1 heterocycles. The van der Waals surface area contributed by atoms with Gasteiger partial charge in [-0.3, -0.25) is 35.5 Å². The molecule has 0 radical (unpaired) electrons. The first-order chi connectivity index (χ1) is 11.6. The minimum absolute atomic E-state index is 0.0272. The molecule has 0 bridgehead atoms. The number of hydrazine groups is 1. The minimum Gasteiger partial charge on any atom is -0.379 e. The largest absolute Gasteiger partial charge is 0.379 e. The first kappa shape index (κ1) is 16.9. The highest BCUT2D eigenvalue weighted by molar-refractivity contribution is 5.95. The number of nitrogens with one attached hydrogen (secondary N) is 3. The average Bonchev–Trinajstić information content (AvgIpc) is 2.60. The van der Waals surface area contributed by atoms with Crippen LogP contribution in [-0.2, 0) is 4.79 Å². The number of carbonyl (C=O) groups excluding carboxylic acids is 2. The fraction of sp³-hybridized carbons (Fsp3) is 0.133. The van der Waals surface area contributed by atoms with E-state index in [1.165, 1.54) is 18.5 Å². The Morgan fingerprint density at radius 3 is 2.62 bits per heavy atom. The second-order valence-corrected chi connectivity index (χ2v) is 4.70. The number of nitro groups is 1. The molecule has 0 saturated heterocycles. The van der Waals surface area contributed by atoms with Crippen molar-refractivity contribution in [2.75, 3.05) is 11.9 Å². The van der Waals surface area contributed by atoms with Gasteiger partial charge in [0.05, 0.1) is 10.5 Å². The third-order valence-electron chi connectivity index (χ3n) is 3.01. The highest BCUT2D eigenvalue weighted by atomic mass is 16.6. The van der Waals surface area contributed by atoms with Gasteiger partial charge >= 0.3 is 0 Å². The molecule has 3 N–H and O–H groups in total. The Morgan fingerprint density at radius 2 is 1.92 bits per heavy atom. The quantitative estimate of drug-likeness (QED) is 0.541. The zero-order valence-electron chi connectivity index (χ0n) is 12.6. The Kier molecular flexibility index (Phi) is 5.78. The van der Waals surface area contributed by atoms with Gasteiger partial charge in [-0.25, -0.2) is 0 Å². The highest BCUT2D eigenvalue weighted by Crippen LogP contribution is 2.22. The summed E-state index contributed by atoms with van der Waals surface area (Å²) in [6, 6.07) is 9.31. The minimum atomic E-state index is -0.503. The molecule has 0 aliphatic carbocycles. The third kappa shape index (κ3) is 4.77. The number of hydrogen-bond donors (Lipinski definition) is 3. The molecule has 0 unspecified atom stereocenters. The van der Waals surface area contributed by atoms with Gasteiger partial charge in [0, 0.05) is 31.4 Å². The van der Waals surface area contributed by atoms with Gasteiger partial charge in [-0.15, -0.1) is 0 Å². The predicted octanol–water partition coefficient (Wildman–Crippen LogP) is 1.25. The highest BCUT2D eigenvalue weighted by Gasteiger charge is 2.12. The molecule has 0 saturated carbocycles. The number of rotatable bonds is 6.